The Kier molecular flexibility index (Phi) is 5.08. The molecule has 28 heavy (non-hydrogen) atoms. The standard InChI is InChI=1S/C17H14F4N6O/c1-9-3-11(5-12(4-9)17(19,20)21)15(28)26-10(2)14-24-8-25-27(14)16-22-6-13(18)7-23-16/h3-8,10H,1-2H3,(H,26,28)/t10-/m0/s1. The lowest BCUT2D eigenvalue weighted by Crippen LogP contribution is -2.29. The highest BCUT2D eigenvalue weighted by Crippen LogP contribution is 2.30. The second-order valence-corrected chi connectivity index (χ2v) is 6.01. The Morgan fingerprint density at radius 3 is 2.46 bits per heavy atom. The smallest absolute Gasteiger partial charge is 0.342 e. The molecule has 1 N–H and O–H groups in total. The van der Waals surface area contributed by atoms with Crippen molar-refractivity contribution < 1.29 is 22.4 Å². The second kappa shape index (κ2) is 7.33. The van der Waals surface area contributed by atoms with E-state index in [9.17, 15) is 22.4 Å². The van der Waals surface area contributed by atoms with Crippen LogP contribution in [0.5, 0.6) is 0 Å². The van der Waals surface area contributed by atoms with Crippen molar-refractivity contribution in [3.05, 3.63) is 65.3 Å². The van der Waals surface area contributed by atoms with Gasteiger partial charge in [-0.25, -0.2) is 19.3 Å². The molecule has 0 bridgehead atoms. The van der Waals surface area contributed by atoms with Crippen LogP contribution in [-0.2, 0) is 6.18 Å². The molecule has 3 rings (SSSR count). The fourth-order valence-electron chi connectivity index (χ4n) is 2.54. The Balaban J connectivity index is 1.84. The average molecular weight is 394 g/mol. The van der Waals surface area contributed by atoms with Gasteiger partial charge in [0.2, 0.25) is 0 Å². The van der Waals surface area contributed by atoms with Crippen molar-refractivity contribution >= 4 is 5.91 Å². The monoisotopic (exact) mass is 394 g/mol. The van der Waals surface area contributed by atoms with Crippen LogP contribution in [0.3, 0.4) is 0 Å². The van der Waals surface area contributed by atoms with Gasteiger partial charge in [0.15, 0.2) is 11.6 Å². The maximum absolute atomic E-state index is 13.0. The van der Waals surface area contributed by atoms with Crippen molar-refractivity contribution in [2.24, 2.45) is 0 Å². The largest absolute Gasteiger partial charge is 0.416 e. The minimum atomic E-state index is -4.56. The highest BCUT2D eigenvalue weighted by molar-refractivity contribution is 5.94. The highest BCUT2D eigenvalue weighted by atomic mass is 19.4. The average Bonchev–Trinajstić information content (AvgIpc) is 3.11. The van der Waals surface area contributed by atoms with E-state index in [4.69, 9.17) is 0 Å². The summed E-state index contributed by atoms with van der Waals surface area (Å²) in [5.41, 5.74) is -0.744. The van der Waals surface area contributed by atoms with Crippen LogP contribution < -0.4 is 5.32 Å². The minimum absolute atomic E-state index is 0.0323. The number of hydrogen-bond donors (Lipinski definition) is 1. The summed E-state index contributed by atoms with van der Waals surface area (Å²) in [5.74, 6) is -1.09. The van der Waals surface area contributed by atoms with E-state index >= 15 is 0 Å². The van der Waals surface area contributed by atoms with Gasteiger partial charge >= 0.3 is 6.18 Å². The van der Waals surface area contributed by atoms with E-state index in [1.165, 1.54) is 24.0 Å². The number of alkyl halides is 3. The molecule has 0 fully saturated rings. The summed E-state index contributed by atoms with van der Waals surface area (Å²) in [6.07, 6.45) is -1.48. The van der Waals surface area contributed by atoms with Crippen molar-refractivity contribution in [3.8, 4) is 5.95 Å². The number of hydrogen-bond acceptors (Lipinski definition) is 5. The number of carbonyl (C=O) groups is 1. The SMILES string of the molecule is Cc1cc(C(=O)N[C@@H](C)c2ncnn2-c2ncc(F)cn2)cc(C(F)(F)F)c1. The van der Waals surface area contributed by atoms with Crippen LogP contribution in [0.25, 0.3) is 5.95 Å². The Labute approximate surface area is 156 Å². The van der Waals surface area contributed by atoms with E-state index in [0.29, 0.717) is 5.56 Å². The van der Waals surface area contributed by atoms with Gasteiger partial charge < -0.3 is 5.32 Å². The van der Waals surface area contributed by atoms with Gasteiger partial charge in [-0.1, -0.05) is 0 Å². The van der Waals surface area contributed by atoms with Crippen molar-refractivity contribution in [3.63, 3.8) is 0 Å². The molecule has 11 heteroatoms. The minimum Gasteiger partial charge on any atom is -0.342 e. The van der Waals surface area contributed by atoms with Gasteiger partial charge in [0.05, 0.1) is 24.0 Å². The number of aryl methyl sites for hydroxylation is 1. The van der Waals surface area contributed by atoms with Crippen LogP contribution in [0, 0.1) is 12.7 Å². The number of benzene rings is 1. The lowest BCUT2D eigenvalue weighted by atomic mass is 10.1. The molecular weight excluding hydrogens is 380 g/mol. The van der Waals surface area contributed by atoms with E-state index in [-0.39, 0.29) is 17.3 Å². The first-order valence-electron chi connectivity index (χ1n) is 8.02. The predicted molar refractivity (Wildman–Crippen MR) is 89.0 cm³/mol. The third-order valence-electron chi connectivity index (χ3n) is 3.77. The molecule has 2 heterocycles. The van der Waals surface area contributed by atoms with Crippen LogP contribution in [0.4, 0.5) is 17.6 Å². The van der Waals surface area contributed by atoms with Crippen LogP contribution in [0.2, 0.25) is 0 Å². The summed E-state index contributed by atoms with van der Waals surface area (Å²) >= 11 is 0. The molecule has 146 valence electrons. The molecule has 0 aliphatic heterocycles. The summed E-state index contributed by atoms with van der Waals surface area (Å²) in [7, 11) is 0. The third kappa shape index (κ3) is 4.13. The Morgan fingerprint density at radius 2 is 1.82 bits per heavy atom. The number of halogens is 4. The van der Waals surface area contributed by atoms with Crippen LogP contribution >= 0.6 is 0 Å². The number of nitrogens with one attached hydrogen (secondary N) is 1. The van der Waals surface area contributed by atoms with E-state index in [2.05, 4.69) is 25.4 Å². The maximum Gasteiger partial charge on any atom is 0.416 e. The topological polar surface area (TPSA) is 85.6 Å². The number of aromatic nitrogens is 5. The van der Waals surface area contributed by atoms with E-state index < -0.39 is 29.5 Å². The van der Waals surface area contributed by atoms with E-state index in [1.54, 1.807) is 6.92 Å². The van der Waals surface area contributed by atoms with Gasteiger partial charge in [0, 0.05) is 5.56 Å². The molecule has 7 nitrogen and oxygen atoms in total. The van der Waals surface area contributed by atoms with Gasteiger partial charge in [-0.05, 0) is 37.6 Å². The predicted octanol–water partition coefficient (Wildman–Crippen LogP) is 3.01. The molecule has 1 aromatic carbocycles. The molecule has 0 saturated heterocycles. The zero-order valence-electron chi connectivity index (χ0n) is 14.7. The molecule has 1 atom stereocenters. The second-order valence-electron chi connectivity index (χ2n) is 6.01. The van der Waals surface area contributed by atoms with Crippen LogP contribution in [0.1, 0.15) is 40.3 Å². The number of amides is 1. The Hall–Kier alpha value is -3.37. The van der Waals surface area contributed by atoms with Gasteiger partial charge in [-0.3, -0.25) is 4.79 Å². The molecule has 0 aliphatic carbocycles. The molecular formula is C17H14F4N6O. The summed E-state index contributed by atoms with van der Waals surface area (Å²) in [4.78, 5) is 24.1. The molecule has 0 unspecified atom stereocenters. The fraction of sp³-hybridized carbons (Fsp3) is 0.235. The molecule has 2 aromatic heterocycles. The molecule has 0 saturated carbocycles. The molecule has 1 amide bonds. The quantitative estimate of drug-likeness (QED) is 0.688. The third-order valence-corrected chi connectivity index (χ3v) is 3.77. The molecule has 3 aromatic rings. The Morgan fingerprint density at radius 1 is 1.14 bits per heavy atom. The van der Waals surface area contributed by atoms with Crippen molar-refractivity contribution in [1.29, 1.82) is 0 Å². The maximum atomic E-state index is 13.0. The zero-order valence-corrected chi connectivity index (χ0v) is 14.7. The van der Waals surface area contributed by atoms with Crippen LogP contribution in [-0.4, -0.2) is 30.6 Å². The van der Waals surface area contributed by atoms with Crippen molar-refractivity contribution in [2.45, 2.75) is 26.1 Å². The van der Waals surface area contributed by atoms with Gasteiger partial charge in [0.25, 0.3) is 11.9 Å². The van der Waals surface area contributed by atoms with Gasteiger partial charge in [-0.2, -0.15) is 23.0 Å². The number of rotatable bonds is 4. The number of nitrogens with zero attached hydrogens (tertiary/aromatic N) is 5. The van der Waals surface area contributed by atoms with Crippen LogP contribution in [0.15, 0.2) is 36.9 Å². The summed E-state index contributed by atoms with van der Waals surface area (Å²) in [5, 5.41) is 6.50. The van der Waals surface area contributed by atoms with Gasteiger partial charge in [0.1, 0.15) is 6.33 Å². The highest BCUT2D eigenvalue weighted by Gasteiger charge is 2.31. The zero-order chi connectivity index (χ0) is 20.5. The lowest BCUT2D eigenvalue weighted by molar-refractivity contribution is -0.137. The normalized spacial score (nSPS) is 12.6. The van der Waals surface area contributed by atoms with E-state index in [1.807, 2.05) is 0 Å². The van der Waals surface area contributed by atoms with Crippen molar-refractivity contribution in [1.82, 2.24) is 30.0 Å². The van der Waals surface area contributed by atoms with E-state index in [0.717, 1.165) is 24.5 Å². The summed E-state index contributed by atoms with van der Waals surface area (Å²) in [6, 6.07) is 2.36. The fourth-order valence-corrected chi connectivity index (χ4v) is 2.54. The molecule has 0 spiro atoms. The first-order valence-corrected chi connectivity index (χ1v) is 8.02. The lowest BCUT2D eigenvalue weighted by Gasteiger charge is -2.15. The Bertz CT molecular complexity index is 1000. The molecule has 0 aliphatic rings. The molecule has 0 radical (unpaired) electrons. The summed E-state index contributed by atoms with van der Waals surface area (Å²) < 4.78 is 53.1. The van der Waals surface area contributed by atoms with Crippen molar-refractivity contribution in [2.75, 3.05) is 0 Å². The first kappa shape index (κ1) is 19.4. The first-order chi connectivity index (χ1) is 13.1. The van der Waals surface area contributed by atoms with Gasteiger partial charge in [-0.15, -0.1) is 0 Å². The number of carbonyl (C=O) groups excluding carboxylic acids is 1. The summed E-state index contributed by atoms with van der Waals surface area (Å²) in [6.45, 7) is 3.04.